The van der Waals surface area contributed by atoms with Crippen LogP contribution in [0.15, 0.2) is 18.2 Å². The average Bonchev–Trinajstić information content (AvgIpc) is 2.90. The van der Waals surface area contributed by atoms with Crippen molar-refractivity contribution in [1.82, 2.24) is 4.90 Å². The molecule has 3 rings (SSSR count). The summed E-state index contributed by atoms with van der Waals surface area (Å²) in [6.07, 6.45) is 1.92. The minimum absolute atomic E-state index is 0.285. The van der Waals surface area contributed by atoms with Crippen LogP contribution in [0.25, 0.3) is 0 Å². The molecule has 0 radical (unpaired) electrons. The van der Waals surface area contributed by atoms with Gasteiger partial charge in [0.05, 0.1) is 20.3 Å². The molecule has 110 valence electrons. The Morgan fingerprint density at radius 1 is 1.20 bits per heavy atom. The molecule has 2 saturated heterocycles. The molecule has 0 bridgehead atoms. The molecule has 0 amide bonds. The van der Waals surface area contributed by atoms with Gasteiger partial charge in [0.25, 0.3) is 0 Å². The summed E-state index contributed by atoms with van der Waals surface area (Å²) in [6, 6.07) is 6.36. The molecular formula is C16H23NO3. The Hall–Kier alpha value is -1.10. The smallest absolute Gasteiger partial charge is 0.170 e. The lowest BCUT2D eigenvalue weighted by molar-refractivity contribution is -0.185. The Kier molecular flexibility index (Phi) is 3.96. The van der Waals surface area contributed by atoms with E-state index in [4.69, 9.17) is 14.2 Å². The molecule has 2 aliphatic heterocycles. The van der Waals surface area contributed by atoms with Crippen LogP contribution in [0, 0.1) is 6.92 Å². The van der Waals surface area contributed by atoms with Gasteiger partial charge in [-0.05, 0) is 13.0 Å². The average molecular weight is 277 g/mol. The summed E-state index contributed by atoms with van der Waals surface area (Å²) in [5.41, 5.74) is 2.54. The van der Waals surface area contributed by atoms with E-state index in [1.807, 2.05) is 0 Å². The fraction of sp³-hybridized carbons (Fsp3) is 0.625. The van der Waals surface area contributed by atoms with Crippen LogP contribution in [0.2, 0.25) is 0 Å². The van der Waals surface area contributed by atoms with E-state index in [-0.39, 0.29) is 5.79 Å². The molecule has 2 fully saturated rings. The lowest BCUT2D eigenvalue weighted by Crippen LogP contribution is -2.44. The van der Waals surface area contributed by atoms with Gasteiger partial charge in [0.1, 0.15) is 5.75 Å². The number of ether oxygens (including phenoxy) is 3. The fourth-order valence-corrected chi connectivity index (χ4v) is 3.11. The first kappa shape index (κ1) is 13.9. The number of piperidine rings is 1. The van der Waals surface area contributed by atoms with Crippen molar-refractivity contribution in [2.75, 3.05) is 33.4 Å². The second-order valence-corrected chi connectivity index (χ2v) is 5.70. The molecule has 1 spiro atoms. The SMILES string of the molecule is COc1ccc(C)cc1CN1CCC2(CC1)OCCO2. The van der Waals surface area contributed by atoms with Gasteiger partial charge >= 0.3 is 0 Å². The van der Waals surface area contributed by atoms with E-state index >= 15 is 0 Å². The quantitative estimate of drug-likeness (QED) is 0.848. The van der Waals surface area contributed by atoms with Crippen molar-refractivity contribution in [3.63, 3.8) is 0 Å². The van der Waals surface area contributed by atoms with Gasteiger partial charge in [0, 0.05) is 38.0 Å². The summed E-state index contributed by atoms with van der Waals surface area (Å²) in [5, 5.41) is 0. The van der Waals surface area contributed by atoms with Crippen molar-refractivity contribution in [3.05, 3.63) is 29.3 Å². The zero-order valence-electron chi connectivity index (χ0n) is 12.4. The van der Waals surface area contributed by atoms with Crippen molar-refractivity contribution in [3.8, 4) is 5.75 Å². The van der Waals surface area contributed by atoms with Gasteiger partial charge < -0.3 is 14.2 Å². The van der Waals surface area contributed by atoms with Crippen LogP contribution in [0.3, 0.4) is 0 Å². The van der Waals surface area contributed by atoms with Crippen LogP contribution in [0.1, 0.15) is 24.0 Å². The second kappa shape index (κ2) is 5.72. The van der Waals surface area contributed by atoms with Crippen molar-refractivity contribution in [2.24, 2.45) is 0 Å². The van der Waals surface area contributed by atoms with Crippen LogP contribution in [-0.2, 0) is 16.0 Å². The highest BCUT2D eigenvalue weighted by molar-refractivity contribution is 5.36. The number of nitrogens with zero attached hydrogens (tertiary/aromatic N) is 1. The maximum absolute atomic E-state index is 5.77. The van der Waals surface area contributed by atoms with Gasteiger partial charge in [-0.25, -0.2) is 0 Å². The first-order valence-electron chi connectivity index (χ1n) is 7.35. The Bertz CT molecular complexity index is 459. The molecule has 1 aromatic carbocycles. The molecule has 0 unspecified atom stereocenters. The summed E-state index contributed by atoms with van der Waals surface area (Å²) in [6.45, 7) is 6.56. The molecule has 4 heteroatoms. The highest BCUT2D eigenvalue weighted by atomic mass is 16.7. The zero-order chi connectivity index (χ0) is 14.0. The number of aryl methyl sites for hydroxylation is 1. The molecular weight excluding hydrogens is 254 g/mol. The molecule has 4 nitrogen and oxygen atoms in total. The monoisotopic (exact) mass is 277 g/mol. The lowest BCUT2D eigenvalue weighted by atomic mass is 10.0. The maximum Gasteiger partial charge on any atom is 0.170 e. The predicted octanol–water partition coefficient (Wildman–Crippen LogP) is 2.34. The molecule has 2 heterocycles. The molecule has 20 heavy (non-hydrogen) atoms. The minimum Gasteiger partial charge on any atom is -0.496 e. The number of hydrogen-bond donors (Lipinski definition) is 0. The van der Waals surface area contributed by atoms with E-state index in [1.165, 1.54) is 11.1 Å². The predicted molar refractivity (Wildman–Crippen MR) is 76.9 cm³/mol. The van der Waals surface area contributed by atoms with E-state index < -0.39 is 0 Å². The van der Waals surface area contributed by atoms with Crippen LogP contribution >= 0.6 is 0 Å². The van der Waals surface area contributed by atoms with Crippen molar-refractivity contribution < 1.29 is 14.2 Å². The third kappa shape index (κ3) is 2.82. The first-order chi connectivity index (χ1) is 9.71. The van der Waals surface area contributed by atoms with Crippen LogP contribution in [0.5, 0.6) is 5.75 Å². The molecule has 0 atom stereocenters. The number of likely N-dealkylation sites (tertiary alicyclic amines) is 1. The van der Waals surface area contributed by atoms with Gasteiger partial charge in [0.2, 0.25) is 0 Å². The molecule has 1 aromatic rings. The standard InChI is InChI=1S/C16H23NO3/c1-13-3-4-15(18-2)14(11-13)12-17-7-5-16(6-8-17)19-9-10-20-16/h3-4,11H,5-10,12H2,1-2H3. The number of hydrogen-bond acceptors (Lipinski definition) is 4. The topological polar surface area (TPSA) is 30.9 Å². The van der Waals surface area contributed by atoms with E-state index in [2.05, 4.69) is 30.0 Å². The van der Waals surface area contributed by atoms with Gasteiger partial charge in [-0.15, -0.1) is 0 Å². The summed E-state index contributed by atoms with van der Waals surface area (Å²) in [5.74, 6) is 0.692. The van der Waals surface area contributed by atoms with Gasteiger partial charge in [-0.3, -0.25) is 4.90 Å². The van der Waals surface area contributed by atoms with Crippen molar-refractivity contribution >= 4 is 0 Å². The molecule has 2 aliphatic rings. The van der Waals surface area contributed by atoms with E-state index in [0.717, 1.165) is 51.4 Å². The Labute approximate surface area is 120 Å². The maximum atomic E-state index is 5.77. The number of rotatable bonds is 3. The molecule has 0 N–H and O–H groups in total. The largest absolute Gasteiger partial charge is 0.496 e. The van der Waals surface area contributed by atoms with Gasteiger partial charge in [0.15, 0.2) is 5.79 Å². The van der Waals surface area contributed by atoms with Crippen molar-refractivity contribution in [2.45, 2.75) is 32.1 Å². The number of methoxy groups -OCH3 is 1. The summed E-state index contributed by atoms with van der Waals surface area (Å²) < 4.78 is 17.0. The van der Waals surface area contributed by atoms with Crippen LogP contribution < -0.4 is 4.74 Å². The molecule has 0 aromatic heterocycles. The third-order valence-electron chi connectivity index (χ3n) is 4.26. The van der Waals surface area contributed by atoms with Gasteiger partial charge in [-0.2, -0.15) is 0 Å². The number of benzene rings is 1. The first-order valence-corrected chi connectivity index (χ1v) is 7.35. The highest BCUT2D eigenvalue weighted by Gasteiger charge is 2.39. The highest BCUT2D eigenvalue weighted by Crippen LogP contribution is 2.32. The van der Waals surface area contributed by atoms with E-state index in [0.29, 0.717) is 0 Å². The summed E-state index contributed by atoms with van der Waals surface area (Å²) in [7, 11) is 1.74. The normalized spacial score (nSPS) is 22.3. The van der Waals surface area contributed by atoms with Crippen molar-refractivity contribution in [1.29, 1.82) is 0 Å². The summed E-state index contributed by atoms with van der Waals surface area (Å²) >= 11 is 0. The van der Waals surface area contributed by atoms with Crippen LogP contribution in [0.4, 0.5) is 0 Å². The Morgan fingerprint density at radius 2 is 1.90 bits per heavy atom. The fourth-order valence-electron chi connectivity index (χ4n) is 3.11. The molecule has 0 saturated carbocycles. The summed E-state index contributed by atoms with van der Waals surface area (Å²) in [4.78, 5) is 2.45. The molecule has 0 aliphatic carbocycles. The minimum atomic E-state index is -0.285. The zero-order valence-corrected chi connectivity index (χ0v) is 12.4. The van der Waals surface area contributed by atoms with E-state index in [9.17, 15) is 0 Å². The van der Waals surface area contributed by atoms with Crippen LogP contribution in [-0.4, -0.2) is 44.1 Å². The lowest BCUT2D eigenvalue weighted by Gasteiger charge is -2.37. The third-order valence-corrected chi connectivity index (χ3v) is 4.26. The second-order valence-electron chi connectivity index (χ2n) is 5.70. The Morgan fingerprint density at radius 3 is 2.55 bits per heavy atom. The van der Waals surface area contributed by atoms with E-state index in [1.54, 1.807) is 7.11 Å². The Balaban J connectivity index is 1.63. The van der Waals surface area contributed by atoms with Gasteiger partial charge in [-0.1, -0.05) is 17.7 Å².